The van der Waals surface area contributed by atoms with Gasteiger partial charge in [-0.3, -0.25) is 5.43 Å². The molecular formula is C18H19F2N3O3S. The van der Waals surface area contributed by atoms with Crippen molar-refractivity contribution in [1.29, 1.82) is 0 Å². The van der Waals surface area contributed by atoms with Crippen LogP contribution in [0.15, 0.2) is 41.5 Å². The largest absolute Gasteiger partial charge is 0.493 e. The zero-order valence-electron chi connectivity index (χ0n) is 15.0. The van der Waals surface area contributed by atoms with E-state index in [0.29, 0.717) is 10.7 Å². The molecule has 2 aromatic carbocycles. The fourth-order valence-corrected chi connectivity index (χ4v) is 2.37. The van der Waals surface area contributed by atoms with Gasteiger partial charge in [-0.05, 0) is 42.9 Å². The minimum absolute atomic E-state index is 0.0942. The molecule has 0 aromatic heterocycles. The lowest BCUT2D eigenvalue weighted by atomic mass is 10.2. The van der Waals surface area contributed by atoms with E-state index in [-0.39, 0.29) is 17.2 Å². The van der Waals surface area contributed by atoms with Gasteiger partial charge in [-0.2, -0.15) is 13.9 Å². The van der Waals surface area contributed by atoms with Crippen LogP contribution in [-0.4, -0.2) is 32.2 Å². The lowest BCUT2D eigenvalue weighted by molar-refractivity contribution is -0.0526. The Morgan fingerprint density at radius 1 is 1.15 bits per heavy atom. The van der Waals surface area contributed by atoms with Gasteiger partial charge in [0.2, 0.25) is 5.75 Å². The van der Waals surface area contributed by atoms with Crippen molar-refractivity contribution in [2.24, 2.45) is 5.10 Å². The summed E-state index contributed by atoms with van der Waals surface area (Å²) < 4.78 is 39.8. The number of ether oxygens (including phenoxy) is 3. The molecule has 0 spiro atoms. The summed E-state index contributed by atoms with van der Waals surface area (Å²) in [7, 11) is 2.68. The van der Waals surface area contributed by atoms with E-state index >= 15 is 0 Å². The molecule has 0 aliphatic heterocycles. The highest BCUT2D eigenvalue weighted by Gasteiger charge is 2.17. The van der Waals surface area contributed by atoms with Crippen LogP contribution < -0.4 is 25.0 Å². The summed E-state index contributed by atoms with van der Waals surface area (Å²) in [6.45, 7) is -1.05. The van der Waals surface area contributed by atoms with Crippen LogP contribution in [0, 0.1) is 6.92 Å². The van der Waals surface area contributed by atoms with Crippen molar-refractivity contribution < 1.29 is 23.0 Å². The third-order valence-electron chi connectivity index (χ3n) is 3.46. The number of alkyl halides is 2. The quantitative estimate of drug-likeness (QED) is 0.421. The Kier molecular flexibility index (Phi) is 7.30. The molecule has 0 radical (unpaired) electrons. The summed E-state index contributed by atoms with van der Waals surface area (Å²) in [5.41, 5.74) is 5.12. The maximum atomic E-state index is 12.6. The van der Waals surface area contributed by atoms with Gasteiger partial charge in [0, 0.05) is 11.3 Å². The monoisotopic (exact) mass is 395 g/mol. The average Bonchev–Trinajstić information content (AvgIpc) is 2.64. The van der Waals surface area contributed by atoms with Crippen LogP contribution in [0.3, 0.4) is 0 Å². The van der Waals surface area contributed by atoms with Gasteiger partial charge in [-0.15, -0.1) is 0 Å². The molecule has 0 saturated carbocycles. The summed E-state index contributed by atoms with van der Waals surface area (Å²) >= 11 is 5.19. The van der Waals surface area contributed by atoms with E-state index in [1.165, 1.54) is 32.6 Å². The molecule has 0 aliphatic carbocycles. The number of rotatable bonds is 7. The molecule has 2 N–H and O–H groups in total. The Morgan fingerprint density at radius 3 is 2.33 bits per heavy atom. The van der Waals surface area contributed by atoms with Gasteiger partial charge >= 0.3 is 6.61 Å². The molecule has 0 heterocycles. The lowest BCUT2D eigenvalue weighted by Gasteiger charge is -2.14. The van der Waals surface area contributed by atoms with Gasteiger partial charge in [0.1, 0.15) is 0 Å². The lowest BCUT2D eigenvalue weighted by Crippen LogP contribution is -2.24. The molecular weight excluding hydrogens is 376 g/mol. The highest BCUT2D eigenvalue weighted by Crippen LogP contribution is 2.39. The van der Waals surface area contributed by atoms with Crippen LogP contribution in [0.1, 0.15) is 11.1 Å². The van der Waals surface area contributed by atoms with Crippen LogP contribution in [0.2, 0.25) is 0 Å². The van der Waals surface area contributed by atoms with Crippen LogP contribution in [-0.2, 0) is 0 Å². The summed E-state index contributed by atoms with van der Waals surface area (Å²) in [5, 5.41) is 7.36. The van der Waals surface area contributed by atoms with E-state index in [4.69, 9.17) is 21.7 Å². The van der Waals surface area contributed by atoms with E-state index in [2.05, 4.69) is 20.6 Å². The van der Waals surface area contributed by atoms with Gasteiger partial charge in [-0.1, -0.05) is 18.2 Å². The number of hydrogen-bond donors (Lipinski definition) is 2. The number of aryl methyl sites for hydroxylation is 1. The Labute approximate surface area is 161 Å². The normalized spacial score (nSPS) is 10.7. The second-order valence-electron chi connectivity index (χ2n) is 5.27. The van der Waals surface area contributed by atoms with Gasteiger partial charge < -0.3 is 19.5 Å². The number of methoxy groups -OCH3 is 2. The summed E-state index contributed by atoms with van der Waals surface area (Å²) in [6.07, 6.45) is 1.45. The summed E-state index contributed by atoms with van der Waals surface area (Å²) in [6, 6.07) is 10.6. The molecule has 0 atom stereocenters. The zero-order chi connectivity index (χ0) is 19.8. The number of hydrazone groups is 1. The first-order valence-electron chi connectivity index (χ1n) is 7.81. The maximum absolute atomic E-state index is 12.6. The first-order chi connectivity index (χ1) is 12.9. The number of anilines is 1. The van der Waals surface area contributed by atoms with E-state index in [9.17, 15) is 8.78 Å². The Morgan fingerprint density at radius 2 is 1.78 bits per heavy atom. The first kappa shape index (κ1) is 20.4. The van der Waals surface area contributed by atoms with Crippen LogP contribution in [0.4, 0.5) is 14.5 Å². The molecule has 144 valence electrons. The number of halogens is 2. The fraction of sp³-hybridized carbons (Fsp3) is 0.222. The molecule has 27 heavy (non-hydrogen) atoms. The maximum Gasteiger partial charge on any atom is 0.387 e. The second kappa shape index (κ2) is 9.67. The molecule has 9 heteroatoms. The molecule has 2 rings (SSSR count). The van der Waals surface area contributed by atoms with Crippen molar-refractivity contribution in [3.8, 4) is 17.2 Å². The first-order valence-corrected chi connectivity index (χ1v) is 8.22. The molecule has 0 saturated heterocycles. The molecule has 0 fully saturated rings. The summed E-state index contributed by atoms with van der Waals surface area (Å²) in [4.78, 5) is 0. The minimum Gasteiger partial charge on any atom is -0.493 e. The van der Waals surface area contributed by atoms with Crippen LogP contribution >= 0.6 is 12.2 Å². The van der Waals surface area contributed by atoms with E-state index in [1.807, 2.05) is 31.2 Å². The van der Waals surface area contributed by atoms with Crippen molar-refractivity contribution in [1.82, 2.24) is 5.43 Å². The molecule has 0 bridgehead atoms. The van der Waals surface area contributed by atoms with Crippen molar-refractivity contribution in [3.63, 3.8) is 0 Å². The van der Waals surface area contributed by atoms with Crippen molar-refractivity contribution >= 4 is 29.2 Å². The van der Waals surface area contributed by atoms with Crippen LogP contribution in [0.25, 0.3) is 0 Å². The van der Waals surface area contributed by atoms with Crippen molar-refractivity contribution in [3.05, 3.63) is 47.5 Å². The molecule has 0 unspecified atom stereocenters. The smallest absolute Gasteiger partial charge is 0.387 e. The van der Waals surface area contributed by atoms with Gasteiger partial charge in [-0.25, -0.2) is 0 Å². The van der Waals surface area contributed by atoms with E-state index < -0.39 is 6.61 Å². The number of benzene rings is 2. The van der Waals surface area contributed by atoms with E-state index in [1.54, 1.807) is 0 Å². The minimum atomic E-state index is -3.00. The van der Waals surface area contributed by atoms with E-state index in [0.717, 1.165) is 11.3 Å². The van der Waals surface area contributed by atoms with Crippen molar-refractivity contribution in [2.75, 3.05) is 19.5 Å². The zero-order valence-corrected chi connectivity index (χ0v) is 15.8. The fourth-order valence-electron chi connectivity index (χ4n) is 2.21. The molecule has 6 nitrogen and oxygen atoms in total. The number of thiocarbonyl (C=S) groups is 1. The highest BCUT2D eigenvalue weighted by atomic mass is 32.1. The molecule has 0 amide bonds. The Balaban J connectivity index is 2.09. The number of nitrogens with zero attached hydrogens (tertiary/aromatic N) is 1. The summed E-state index contributed by atoms with van der Waals surface area (Å²) in [5.74, 6) is 0.00488. The second-order valence-corrected chi connectivity index (χ2v) is 5.68. The van der Waals surface area contributed by atoms with Gasteiger partial charge in [0.25, 0.3) is 0 Å². The van der Waals surface area contributed by atoms with Crippen LogP contribution in [0.5, 0.6) is 17.2 Å². The van der Waals surface area contributed by atoms with Crippen molar-refractivity contribution in [2.45, 2.75) is 13.5 Å². The number of hydrogen-bond acceptors (Lipinski definition) is 5. The van der Waals surface area contributed by atoms with Gasteiger partial charge in [0.05, 0.1) is 20.4 Å². The average molecular weight is 395 g/mol. The molecule has 2 aromatic rings. The number of para-hydroxylation sites is 1. The van der Waals surface area contributed by atoms with Gasteiger partial charge in [0.15, 0.2) is 16.6 Å². The topological polar surface area (TPSA) is 64.1 Å². The highest BCUT2D eigenvalue weighted by molar-refractivity contribution is 7.80. The third kappa shape index (κ3) is 5.78. The third-order valence-corrected chi connectivity index (χ3v) is 3.66. The standard InChI is InChI=1S/C18H19F2N3O3S/c1-11-6-4-5-7-13(11)22-18(27)23-21-10-12-8-14(24-2)16(26-17(19)20)15(9-12)25-3/h4-10,17H,1-3H3,(H2,22,23,27)/b21-10-. The predicted octanol–water partition coefficient (Wildman–Crippen LogP) is 3.93. The SMILES string of the molecule is COc1cc(/C=N\NC(=S)Nc2ccccc2C)cc(OC)c1OC(F)F. The number of nitrogens with one attached hydrogen (secondary N) is 2. The Bertz CT molecular complexity index is 806. The Hall–Kier alpha value is -2.94. The predicted molar refractivity (Wildman–Crippen MR) is 104 cm³/mol. The molecule has 0 aliphatic rings.